The van der Waals surface area contributed by atoms with Gasteiger partial charge in [0.2, 0.25) is 0 Å². The smallest absolute Gasteiger partial charge is 0.325 e. The summed E-state index contributed by atoms with van der Waals surface area (Å²) in [6.45, 7) is 0.756. The first-order valence-corrected chi connectivity index (χ1v) is 8.27. The van der Waals surface area contributed by atoms with E-state index in [0.29, 0.717) is 18.8 Å². The van der Waals surface area contributed by atoms with Crippen LogP contribution in [0.25, 0.3) is 0 Å². The Morgan fingerprint density at radius 3 is 2.57 bits per heavy atom. The van der Waals surface area contributed by atoms with E-state index in [0.717, 1.165) is 30.4 Å². The van der Waals surface area contributed by atoms with Gasteiger partial charge >= 0.3 is 5.97 Å². The van der Waals surface area contributed by atoms with Crippen molar-refractivity contribution in [1.82, 2.24) is 24.0 Å². The Morgan fingerprint density at radius 1 is 1.29 bits per heavy atom. The Bertz CT molecular complexity index is 577. The van der Waals surface area contributed by atoms with Gasteiger partial charge in [-0.15, -0.1) is 5.10 Å². The van der Waals surface area contributed by atoms with Gasteiger partial charge in [0.05, 0.1) is 18.4 Å². The fraction of sp³-hybridized carbons (Fsp3) is 0.727. The van der Waals surface area contributed by atoms with Crippen LogP contribution in [0, 0.1) is 0 Å². The van der Waals surface area contributed by atoms with Crippen LogP contribution in [0.1, 0.15) is 31.4 Å². The van der Waals surface area contributed by atoms with Crippen molar-refractivity contribution in [2.24, 2.45) is 0 Å². The second-order valence-corrected chi connectivity index (χ2v) is 6.70. The zero-order chi connectivity index (χ0) is 15.3. The molecule has 2 rings (SSSR count). The SMILES string of the molecule is O=C(O)Cn1cc(CNS(=O)(=O)N2CCCCCC2)nn1. The van der Waals surface area contributed by atoms with E-state index in [1.54, 1.807) is 0 Å². The van der Waals surface area contributed by atoms with E-state index < -0.39 is 16.2 Å². The van der Waals surface area contributed by atoms with Gasteiger partial charge in [-0.05, 0) is 12.8 Å². The van der Waals surface area contributed by atoms with Gasteiger partial charge in [0.25, 0.3) is 10.2 Å². The first kappa shape index (κ1) is 15.9. The highest BCUT2D eigenvalue weighted by Crippen LogP contribution is 2.12. The molecular formula is C11H19N5O4S. The van der Waals surface area contributed by atoms with Gasteiger partial charge in [0, 0.05) is 13.1 Å². The molecule has 1 aliphatic rings. The quantitative estimate of drug-likeness (QED) is 0.735. The number of nitrogens with zero attached hydrogens (tertiary/aromatic N) is 4. The van der Waals surface area contributed by atoms with Crippen molar-refractivity contribution in [3.05, 3.63) is 11.9 Å². The molecule has 1 fully saturated rings. The average Bonchev–Trinajstić information content (AvgIpc) is 2.68. The van der Waals surface area contributed by atoms with Crippen molar-refractivity contribution in [1.29, 1.82) is 0 Å². The van der Waals surface area contributed by atoms with E-state index in [9.17, 15) is 13.2 Å². The number of carboxylic acid groups (broad SMARTS) is 1. The number of carbonyl (C=O) groups is 1. The predicted octanol–water partition coefficient (Wildman–Crippen LogP) is -0.427. The van der Waals surface area contributed by atoms with Gasteiger partial charge in [-0.2, -0.15) is 17.4 Å². The molecule has 0 radical (unpaired) electrons. The molecule has 1 aliphatic heterocycles. The van der Waals surface area contributed by atoms with E-state index in [1.807, 2.05) is 0 Å². The van der Waals surface area contributed by atoms with Gasteiger partial charge in [-0.1, -0.05) is 18.1 Å². The fourth-order valence-electron chi connectivity index (χ4n) is 2.17. The summed E-state index contributed by atoms with van der Waals surface area (Å²) in [5.74, 6) is -1.03. The van der Waals surface area contributed by atoms with Crippen LogP contribution in [-0.4, -0.2) is 51.9 Å². The summed E-state index contributed by atoms with van der Waals surface area (Å²) in [7, 11) is -3.53. The Kier molecular flexibility index (Phi) is 5.26. The van der Waals surface area contributed by atoms with Crippen LogP contribution in [0.4, 0.5) is 0 Å². The normalized spacial score (nSPS) is 17.5. The minimum Gasteiger partial charge on any atom is -0.480 e. The van der Waals surface area contributed by atoms with Gasteiger partial charge in [-0.3, -0.25) is 4.79 Å². The molecule has 1 aromatic rings. The van der Waals surface area contributed by atoms with Gasteiger partial charge in [0.15, 0.2) is 0 Å². The van der Waals surface area contributed by atoms with E-state index in [1.165, 1.54) is 10.5 Å². The molecule has 0 unspecified atom stereocenters. The van der Waals surface area contributed by atoms with Crippen LogP contribution in [0.15, 0.2) is 6.20 Å². The van der Waals surface area contributed by atoms with Gasteiger partial charge < -0.3 is 5.11 Å². The molecule has 0 saturated carbocycles. The van der Waals surface area contributed by atoms with E-state index in [-0.39, 0.29) is 13.1 Å². The third-order valence-electron chi connectivity index (χ3n) is 3.22. The highest BCUT2D eigenvalue weighted by atomic mass is 32.2. The Labute approximate surface area is 123 Å². The van der Waals surface area contributed by atoms with Gasteiger partial charge in [0.1, 0.15) is 6.54 Å². The number of aliphatic carboxylic acids is 1. The van der Waals surface area contributed by atoms with E-state index in [4.69, 9.17) is 5.11 Å². The number of aromatic nitrogens is 3. The molecule has 10 heteroatoms. The van der Waals surface area contributed by atoms with Crippen molar-refractivity contribution < 1.29 is 18.3 Å². The zero-order valence-electron chi connectivity index (χ0n) is 11.6. The van der Waals surface area contributed by atoms with Gasteiger partial charge in [-0.25, -0.2) is 4.68 Å². The number of nitrogens with one attached hydrogen (secondary N) is 1. The lowest BCUT2D eigenvalue weighted by molar-refractivity contribution is -0.137. The Morgan fingerprint density at radius 2 is 1.95 bits per heavy atom. The number of carboxylic acids is 1. The minimum absolute atomic E-state index is 0.00154. The van der Waals surface area contributed by atoms with Crippen molar-refractivity contribution in [3.63, 3.8) is 0 Å². The van der Waals surface area contributed by atoms with Crippen LogP contribution in [0.5, 0.6) is 0 Å². The summed E-state index contributed by atoms with van der Waals surface area (Å²) in [5, 5.41) is 16.0. The first-order valence-electron chi connectivity index (χ1n) is 6.83. The molecule has 118 valence electrons. The molecule has 0 atom stereocenters. The highest BCUT2D eigenvalue weighted by Gasteiger charge is 2.22. The lowest BCUT2D eigenvalue weighted by Crippen LogP contribution is -2.40. The lowest BCUT2D eigenvalue weighted by atomic mass is 10.2. The zero-order valence-corrected chi connectivity index (χ0v) is 12.4. The van der Waals surface area contributed by atoms with Crippen molar-refractivity contribution in [3.8, 4) is 0 Å². The maximum atomic E-state index is 12.2. The molecule has 0 spiro atoms. The third-order valence-corrected chi connectivity index (χ3v) is 4.78. The second-order valence-electron chi connectivity index (χ2n) is 4.94. The van der Waals surface area contributed by atoms with E-state index >= 15 is 0 Å². The fourth-order valence-corrected chi connectivity index (χ4v) is 3.43. The molecule has 9 nitrogen and oxygen atoms in total. The molecule has 21 heavy (non-hydrogen) atoms. The maximum absolute atomic E-state index is 12.2. The topological polar surface area (TPSA) is 117 Å². The minimum atomic E-state index is -3.53. The van der Waals surface area contributed by atoms with Crippen molar-refractivity contribution in [2.45, 2.75) is 38.8 Å². The number of hydrogen-bond donors (Lipinski definition) is 2. The molecule has 0 bridgehead atoms. The summed E-state index contributed by atoms with van der Waals surface area (Å²) in [5.41, 5.74) is 0.384. The standard InChI is InChI=1S/C11H19N5O4S/c17-11(18)9-15-8-10(13-14-15)7-12-21(19,20)16-5-3-1-2-4-6-16/h8,12H,1-7,9H2,(H,17,18). The summed E-state index contributed by atoms with van der Waals surface area (Å²) in [6.07, 6.45) is 5.26. The van der Waals surface area contributed by atoms with Crippen molar-refractivity contribution >= 4 is 16.2 Å². The predicted molar refractivity (Wildman–Crippen MR) is 73.5 cm³/mol. The Balaban J connectivity index is 1.91. The van der Waals surface area contributed by atoms with E-state index in [2.05, 4.69) is 15.0 Å². The Hall–Kier alpha value is -1.52. The average molecular weight is 317 g/mol. The largest absolute Gasteiger partial charge is 0.480 e. The molecule has 1 saturated heterocycles. The summed E-state index contributed by atoms with van der Waals surface area (Å²) >= 11 is 0. The van der Waals surface area contributed by atoms with Crippen molar-refractivity contribution in [2.75, 3.05) is 13.1 Å². The second kappa shape index (κ2) is 6.96. The van der Waals surface area contributed by atoms with Crippen LogP contribution < -0.4 is 4.72 Å². The van der Waals surface area contributed by atoms with Crippen LogP contribution in [-0.2, 0) is 28.1 Å². The highest BCUT2D eigenvalue weighted by molar-refractivity contribution is 7.87. The summed E-state index contributed by atoms with van der Waals surface area (Å²) in [4.78, 5) is 10.5. The molecule has 2 heterocycles. The molecule has 0 aliphatic carbocycles. The third kappa shape index (κ3) is 4.76. The molecular weight excluding hydrogens is 298 g/mol. The summed E-state index contributed by atoms with van der Waals surface area (Å²) in [6, 6.07) is 0. The van der Waals surface area contributed by atoms with Crippen LogP contribution >= 0.6 is 0 Å². The maximum Gasteiger partial charge on any atom is 0.325 e. The summed E-state index contributed by atoms with van der Waals surface area (Å²) < 4.78 is 29.4. The van der Waals surface area contributed by atoms with Crippen LogP contribution in [0.3, 0.4) is 0 Å². The molecule has 0 aromatic carbocycles. The number of rotatable bonds is 6. The lowest BCUT2D eigenvalue weighted by Gasteiger charge is -2.19. The monoisotopic (exact) mass is 317 g/mol. The first-order chi connectivity index (χ1) is 9.97. The molecule has 1 aromatic heterocycles. The molecule has 0 amide bonds. The number of hydrogen-bond acceptors (Lipinski definition) is 5. The molecule has 2 N–H and O–H groups in total. The van der Waals surface area contributed by atoms with Crippen LogP contribution in [0.2, 0.25) is 0 Å².